The van der Waals surface area contributed by atoms with Gasteiger partial charge in [-0.2, -0.15) is 0 Å². The molecule has 6 nitrogen and oxygen atoms in total. The number of benzene rings is 2. The number of carbonyl (C=O) groups excluding carboxylic acids is 1. The zero-order valence-electron chi connectivity index (χ0n) is 17.4. The van der Waals surface area contributed by atoms with Crippen molar-refractivity contribution in [2.45, 2.75) is 30.4 Å². The van der Waals surface area contributed by atoms with Gasteiger partial charge >= 0.3 is 0 Å². The van der Waals surface area contributed by atoms with Gasteiger partial charge in [-0.15, -0.1) is 22.0 Å². The number of methoxy groups -OCH3 is 1. The number of amides is 1. The fraction of sp³-hybridized carbons (Fsp3) is 0.318. The van der Waals surface area contributed by atoms with Crippen LogP contribution in [0.3, 0.4) is 0 Å². The minimum Gasteiger partial charge on any atom is -0.496 e. The summed E-state index contributed by atoms with van der Waals surface area (Å²) in [6, 6.07) is 16.1. The number of nitrogens with zero attached hydrogens (tertiary/aromatic N) is 3. The van der Waals surface area contributed by atoms with E-state index in [4.69, 9.17) is 4.74 Å². The molecule has 1 aromatic heterocycles. The number of rotatable bonds is 10. The van der Waals surface area contributed by atoms with Crippen LogP contribution in [-0.2, 0) is 11.3 Å². The van der Waals surface area contributed by atoms with Crippen LogP contribution in [0.1, 0.15) is 12.5 Å². The van der Waals surface area contributed by atoms with E-state index in [1.165, 1.54) is 22.2 Å². The predicted octanol–water partition coefficient (Wildman–Crippen LogP) is 4.28. The summed E-state index contributed by atoms with van der Waals surface area (Å²) in [6.45, 7) is 5.45. The molecule has 1 N–H and O–H groups in total. The van der Waals surface area contributed by atoms with Crippen molar-refractivity contribution in [3.8, 4) is 17.1 Å². The normalized spacial score (nSPS) is 10.8. The van der Waals surface area contributed by atoms with E-state index in [0.29, 0.717) is 18.8 Å². The third-order valence-corrected chi connectivity index (χ3v) is 6.41. The van der Waals surface area contributed by atoms with E-state index < -0.39 is 0 Å². The third kappa shape index (κ3) is 5.79. The zero-order chi connectivity index (χ0) is 21.3. The SMILES string of the molecule is CCn1c(SCC(=O)NCCSc2ccc(C)cc2)nnc1-c1ccccc1OC. The Morgan fingerprint density at radius 2 is 1.87 bits per heavy atom. The largest absolute Gasteiger partial charge is 0.496 e. The number of carbonyl (C=O) groups is 1. The summed E-state index contributed by atoms with van der Waals surface area (Å²) >= 11 is 3.13. The predicted molar refractivity (Wildman–Crippen MR) is 123 cm³/mol. The molecule has 3 aromatic rings. The second-order valence-corrected chi connectivity index (χ2v) is 8.66. The van der Waals surface area contributed by atoms with Gasteiger partial charge in [0, 0.05) is 23.7 Å². The van der Waals surface area contributed by atoms with Gasteiger partial charge in [0.2, 0.25) is 5.91 Å². The van der Waals surface area contributed by atoms with Gasteiger partial charge < -0.3 is 14.6 Å². The van der Waals surface area contributed by atoms with Gasteiger partial charge in [0.1, 0.15) is 5.75 Å². The monoisotopic (exact) mass is 442 g/mol. The van der Waals surface area contributed by atoms with Crippen molar-refractivity contribution < 1.29 is 9.53 Å². The van der Waals surface area contributed by atoms with Crippen LogP contribution >= 0.6 is 23.5 Å². The quantitative estimate of drug-likeness (QED) is 0.373. The average molecular weight is 443 g/mol. The summed E-state index contributed by atoms with van der Waals surface area (Å²) in [5.74, 6) is 2.63. The Balaban J connectivity index is 1.51. The van der Waals surface area contributed by atoms with Crippen LogP contribution in [0.5, 0.6) is 5.75 Å². The second-order valence-electron chi connectivity index (χ2n) is 6.55. The number of ether oxygens (including phenoxy) is 1. The van der Waals surface area contributed by atoms with Crippen LogP contribution in [0.2, 0.25) is 0 Å². The lowest BCUT2D eigenvalue weighted by molar-refractivity contribution is -0.118. The lowest BCUT2D eigenvalue weighted by atomic mass is 10.2. The molecule has 0 aliphatic carbocycles. The Hall–Kier alpha value is -2.45. The van der Waals surface area contributed by atoms with E-state index in [1.54, 1.807) is 18.9 Å². The number of hydrogen-bond acceptors (Lipinski definition) is 6. The first-order valence-electron chi connectivity index (χ1n) is 9.78. The first-order valence-corrected chi connectivity index (χ1v) is 11.7. The molecule has 0 aliphatic heterocycles. The van der Waals surface area contributed by atoms with E-state index in [1.807, 2.05) is 35.8 Å². The summed E-state index contributed by atoms with van der Waals surface area (Å²) in [6.07, 6.45) is 0. The van der Waals surface area contributed by atoms with Crippen LogP contribution in [0.15, 0.2) is 58.6 Å². The van der Waals surface area contributed by atoms with E-state index in [9.17, 15) is 4.79 Å². The fourth-order valence-electron chi connectivity index (χ4n) is 2.88. The van der Waals surface area contributed by atoms with Crippen LogP contribution in [0.25, 0.3) is 11.4 Å². The van der Waals surface area contributed by atoms with Gasteiger partial charge in [0.25, 0.3) is 0 Å². The zero-order valence-corrected chi connectivity index (χ0v) is 19.1. The van der Waals surface area contributed by atoms with E-state index in [2.05, 4.69) is 46.7 Å². The number of hydrogen-bond donors (Lipinski definition) is 1. The molecule has 0 spiro atoms. The Kier molecular flexibility index (Phi) is 8.21. The highest BCUT2D eigenvalue weighted by Gasteiger charge is 2.17. The molecule has 2 aromatic carbocycles. The molecule has 1 amide bonds. The number of para-hydroxylation sites is 1. The smallest absolute Gasteiger partial charge is 0.230 e. The molecule has 0 fully saturated rings. The van der Waals surface area contributed by atoms with Gasteiger partial charge in [-0.25, -0.2) is 0 Å². The molecular weight excluding hydrogens is 416 g/mol. The number of aromatic nitrogens is 3. The highest BCUT2D eigenvalue weighted by molar-refractivity contribution is 7.99. The van der Waals surface area contributed by atoms with Crippen molar-refractivity contribution in [2.75, 3.05) is 25.2 Å². The summed E-state index contributed by atoms with van der Waals surface area (Å²) < 4.78 is 7.45. The number of aryl methyl sites for hydroxylation is 1. The van der Waals surface area contributed by atoms with Crippen molar-refractivity contribution in [3.63, 3.8) is 0 Å². The molecule has 158 valence electrons. The lowest BCUT2D eigenvalue weighted by Crippen LogP contribution is -2.27. The van der Waals surface area contributed by atoms with Crippen molar-refractivity contribution in [1.29, 1.82) is 0 Å². The highest BCUT2D eigenvalue weighted by Crippen LogP contribution is 2.30. The van der Waals surface area contributed by atoms with Crippen molar-refractivity contribution >= 4 is 29.4 Å². The molecule has 0 unspecified atom stereocenters. The molecular formula is C22H26N4O2S2. The topological polar surface area (TPSA) is 69.0 Å². The van der Waals surface area contributed by atoms with Crippen LogP contribution in [0.4, 0.5) is 0 Å². The van der Waals surface area contributed by atoms with E-state index in [0.717, 1.165) is 28.0 Å². The van der Waals surface area contributed by atoms with Gasteiger partial charge in [-0.1, -0.05) is 41.6 Å². The van der Waals surface area contributed by atoms with E-state index in [-0.39, 0.29) is 5.91 Å². The maximum atomic E-state index is 12.2. The molecule has 1 heterocycles. The fourth-order valence-corrected chi connectivity index (χ4v) is 4.48. The number of nitrogens with one attached hydrogen (secondary N) is 1. The maximum Gasteiger partial charge on any atom is 0.230 e. The molecule has 0 saturated carbocycles. The van der Waals surface area contributed by atoms with Crippen LogP contribution in [-0.4, -0.2) is 45.8 Å². The van der Waals surface area contributed by atoms with Gasteiger partial charge in [0.05, 0.1) is 18.4 Å². The van der Waals surface area contributed by atoms with Gasteiger partial charge in [-0.05, 0) is 38.1 Å². The van der Waals surface area contributed by atoms with Crippen LogP contribution in [0, 0.1) is 6.92 Å². The molecule has 0 atom stereocenters. The van der Waals surface area contributed by atoms with Crippen molar-refractivity contribution in [2.24, 2.45) is 0 Å². The third-order valence-electron chi connectivity index (χ3n) is 4.43. The Morgan fingerprint density at radius 1 is 1.10 bits per heavy atom. The van der Waals surface area contributed by atoms with Crippen molar-refractivity contribution in [1.82, 2.24) is 20.1 Å². The Bertz CT molecular complexity index is 974. The summed E-state index contributed by atoms with van der Waals surface area (Å²) in [5.41, 5.74) is 2.14. The molecule has 3 rings (SSSR count). The summed E-state index contributed by atoms with van der Waals surface area (Å²) in [7, 11) is 1.64. The van der Waals surface area contributed by atoms with E-state index >= 15 is 0 Å². The average Bonchev–Trinajstić information content (AvgIpc) is 3.19. The molecule has 0 aliphatic rings. The van der Waals surface area contributed by atoms with Crippen molar-refractivity contribution in [3.05, 3.63) is 54.1 Å². The summed E-state index contributed by atoms with van der Waals surface area (Å²) in [4.78, 5) is 13.4. The maximum absolute atomic E-state index is 12.2. The lowest BCUT2D eigenvalue weighted by Gasteiger charge is -2.10. The standard InChI is InChI=1S/C22H26N4O2S2/c1-4-26-21(18-7-5-6-8-19(18)28-3)24-25-22(26)30-15-20(27)23-13-14-29-17-11-9-16(2)10-12-17/h5-12H,4,13-15H2,1-3H3,(H,23,27). The molecule has 0 bridgehead atoms. The Labute approximate surface area is 185 Å². The van der Waals surface area contributed by atoms with Gasteiger partial charge in [0.15, 0.2) is 11.0 Å². The highest BCUT2D eigenvalue weighted by atomic mass is 32.2. The Morgan fingerprint density at radius 3 is 2.60 bits per heavy atom. The first-order chi connectivity index (χ1) is 14.6. The van der Waals surface area contributed by atoms with Crippen LogP contribution < -0.4 is 10.1 Å². The minimum atomic E-state index is -0.00555. The van der Waals surface area contributed by atoms with Gasteiger partial charge in [-0.3, -0.25) is 4.79 Å². The summed E-state index contributed by atoms with van der Waals surface area (Å²) in [5, 5.41) is 12.3. The minimum absolute atomic E-state index is 0.00555. The second kappa shape index (κ2) is 11.1. The molecule has 0 radical (unpaired) electrons. The molecule has 0 saturated heterocycles. The number of thioether (sulfide) groups is 2. The molecule has 30 heavy (non-hydrogen) atoms. The first kappa shape index (κ1) is 22.2. The molecule has 8 heteroatoms.